The van der Waals surface area contributed by atoms with Crippen LogP contribution in [0.1, 0.15) is 23.1 Å². The van der Waals surface area contributed by atoms with Crippen LogP contribution in [0.2, 0.25) is 0 Å². The number of hydrogen-bond acceptors (Lipinski definition) is 3. The number of benzene rings is 1. The molecule has 0 saturated heterocycles. The fourth-order valence-electron chi connectivity index (χ4n) is 2.35. The Morgan fingerprint density at radius 3 is 2.56 bits per heavy atom. The topological polar surface area (TPSA) is 35.5 Å². The summed E-state index contributed by atoms with van der Waals surface area (Å²) in [6.45, 7) is 2.02. The fourth-order valence-corrected chi connectivity index (χ4v) is 2.35. The molecular weight excluding hydrogens is 204 g/mol. The molecule has 1 aromatic carbocycles. The summed E-state index contributed by atoms with van der Waals surface area (Å²) in [5.41, 5.74) is 3.44. The summed E-state index contributed by atoms with van der Waals surface area (Å²) in [5, 5.41) is 0. The van der Waals surface area contributed by atoms with Crippen molar-refractivity contribution in [3.05, 3.63) is 22.8 Å². The lowest BCUT2D eigenvalue weighted by Gasteiger charge is -2.21. The number of hydrogen-bond donors (Lipinski definition) is 0. The Morgan fingerprint density at radius 1 is 1.19 bits per heavy atom. The molecule has 0 amide bonds. The van der Waals surface area contributed by atoms with Crippen LogP contribution in [0, 0.1) is 6.92 Å². The average molecular weight is 220 g/mol. The second-order valence-electron chi connectivity index (χ2n) is 4.09. The van der Waals surface area contributed by atoms with Gasteiger partial charge in [-0.3, -0.25) is 4.79 Å². The monoisotopic (exact) mass is 220 g/mol. The van der Waals surface area contributed by atoms with E-state index in [1.165, 1.54) is 5.56 Å². The van der Waals surface area contributed by atoms with Crippen molar-refractivity contribution < 1.29 is 14.3 Å². The van der Waals surface area contributed by atoms with Crippen LogP contribution in [0.5, 0.6) is 11.5 Å². The van der Waals surface area contributed by atoms with E-state index in [2.05, 4.69) is 0 Å². The lowest BCUT2D eigenvalue weighted by Crippen LogP contribution is -2.15. The molecule has 0 bridgehead atoms. The normalized spacial score (nSPS) is 14.6. The van der Waals surface area contributed by atoms with E-state index in [1.54, 1.807) is 14.2 Å². The minimum absolute atomic E-state index is 0.305. The molecule has 0 spiro atoms. The van der Waals surface area contributed by atoms with Crippen molar-refractivity contribution in [1.29, 1.82) is 0 Å². The number of Topliss-reactive ketones (excluding diaryl/α,β-unsaturated/α-hetero) is 1. The highest BCUT2D eigenvalue weighted by Gasteiger charge is 2.22. The Balaban J connectivity index is 2.57. The molecule has 1 aliphatic carbocycles. The SMILES string of the molecule is COc1cc2c(c(C)c1OC)CCC(=O)C2. The molecule has 0 heterocycles. The Labute approximate surface area is 95.4 Å². The van der Waals surface area contributed by atoms with Gasteiger partial charge in [-0.2, -0.15) is 0 Å². The number of rotatable bonds is 2. The van der Waals surface area contributed by atoms with Gasteiger partial charge in [0, 0.05) is 12.8 Å². The first-order valence-corrected chi connectivity index (χ1v) is 5.42. The molecule has 0 atom stereocenters. The Kier molecular flexibility index (Phi) is 2.86. The van der Waals surface area contributed by atoms with Crippen molar-refractivity contribution in [2.45, 2.75) is 26.2 Å². The molecule has 2 rings (SSSR count). The maximum absolute atomic E-state index is 11.4. The summed E-state index contributed by atoms with van der Waals surface area (Å²) in [6.07, 6.45) is 1.99. The van der Waals surface area contributed by atoms with E-state index in [9.17, 15) is 4.79 Å². The van der Waals surface area contributed by atoms with Crippen LogP contribution in [0.3, 0.4) is 0 Å². The molecule has 0 saturated carbocycles. The van der Waals surface area contributed by atoms with Crippen molar-refractivity contribution in [2.75, 3.05) is 14.2 Å². The molecule has 0 aromatic heterocycles. The summed E-state index contributed by atoms with van der Waals surface area (Å²) in [4.78, 5) is 11.4. The number of ether oxygens (including phenoxy) is 2. The van der Waals surface area contributed by atoms with E-state index in [0.717, 1.165) is 23.3 Å². The van der Waals surface area contributed by atoms with Gasteiger partial charge in [0.1, 0.15) is 5.78 Å². The van der Waals surface area contributed by atoms with Gasteiger partial charge < -0.3 is 9.47 Å². The van der Waals surface area contributed by atoms with Gasteiger partial charge in [-0.25, -0.2) is 0 Å². The number of carbonyl (C=O) groups is 1. The standard InChI is InChI=1S/C13H16O3/c1-8-11-5-4-10(14)6-9(11)7-12(15-2)13(8)16-3/h7H,4-6H2,1-3H3. The van der Waals surface area contributed by atoms with E-state index in [1.807, 2.05) is 13.0 Å². The first-order valence-electron chi connectivity index (χ1n) is 5.42. The number of fused-ring (bicyclic) bond motifs is 1. The minimum atomic E-state index is 0.305. The second-order valence-corrected chi connectivity index (χ2v) is 4.09. The molecule has 3 nitrogen and oxygen atoms in total. The Morgan fingerprint density at radius 2 is 1.94 bits per heavy atom. The molecule has 1 aromatic rings. The van der Waals surface area contributed by atoms with Crippen molar-refractivity contribution in [2.24, 2.45) is 0 Å². The molecule has 3 heteroatoms. The zero-order valence-electron chi connectivity index (χ0n) is 9.92. The summed E-state index contributed by atoms with van der Waals surface area (Å²) >= 11 is 0. The molecule has 16 heavy (non-hydrogen) atoms. The minimum Gasteiger partial charge on any atom is -0.493 e. The number of methoxy groups -OCH3 is 2. The second kappa shape index (κ2) is 4.16. The highest BCUT2D eigenvalue weighted by Crippen LogP contribution is 2.37. The third-order valence-corrected chi connectivity index (χ3v) is 3.18. The third-order valence-electron chi connectivity index (χ3n) is 3.18. The van der Waals surface area contributed by atoms with Crippen LogP contribution in [0.25, 0.3) is 0 Å². The molecule has 0 aliphatic heterocycles. The molecule has 0 radical (unpaired) electrons. The van der Waals surface area contributed by atoms with Gasteiger partial charge in [0.25, 0.3) is 0 Å². The zero-order chi connectivity index (χ0) is 11.7. The first-order chi connectivity index (χ1) is 7.67. The van der Waals surface area contributed by atoms with Crippen molar-refractivity contribution >= 4 is 5.78 Å². The predicted octanol–water partition coefficient (Wildman–Crippen LogP) is 2.07. The smallest absolute Gasteiger partial charge is 0.163 e. The van der Waals surface area contributed by atoms with Crippen LogP contribution >= 0.6 is 0 Å². The van der Waals surface area contributed by atoms with Gasteiger partial charge in [-0.1, -0.05) is 0 Å². The van der Waals surface area contributed by atoms with Crippen molar-refractivity contribution in [1.82, 2.24) is 0 Å². The number of carbonyl (C=O) groups excluding carboxylic acids is 1. The van der Waals surface area contributed by atoms with E-state index < -0.39 is 0 Å². The summed E-state index contributed by atoms with van der Waals surface area (Å²) in [7, 11) is 3.26. The summed E-state index contributed by atoms with van der Waals surface area (Å²) in [6, 6.07) is 1.93. The van der Waals surface area contributed by atoms with E-state index in [-0.39, 0.29) is 0 Å². The van der Waals surface area contributed by atoms with E-state index in [4.69, 9.17) is 9.47 Å². The quantitative estimate of drug-likeness (QED) is 0.765. The van der Waals surface area contributed by atoms with Crippen LogP contribution in [-0.2, 0) is 17.6 Å². The van der Waals surface area contributed by atoms with Gasteiger partial charge in [-0.05, 0) is 36.1 Å². The lowest BCUT2D eigenvalue weighted by atomic mass is 9.87. The van der Waals surface area contributed by atoms with E-state index in [0.29, 0.717) is 24.4 Å². The average Bonchev–Trinajstić information content (AvgIpc) is 2.28. The first kappa shape index (κ1) is 11.0. The van der Waals surface area contributed by atoms with Gasteiger partial charge in [0.15, 0.2) is 11.5 Å². The summed E-state index contributed by atoms with van der Waals surface area (Å²) in [5.74, 6) is 1.81. The highest BCUT2D eigenvalue weighted by atomic mass is 16.5. The molecular formula is C13H16O3. The van der Waals surface area contributed by atoms with Crippen LogP contribution < -0.4 is 9.47 Å². The van der Waals surface area contributed by atoms with Crippen LogP contribution in [0.4, 0.5) is 0 Å². The Bertz CT molecular complexity index is 435. The predicted molar refractivity (Wildman–Crippen MR) is 61.3 cm³/mol. The van der Waals surface area contributed by atoms with Crippen LogP contribution in [0.15, 0.2) is 6.07 Å². The molecule has 0 N–H and O–H groups in total. The molecule has 0 unspecified atom stereocenters. The number of ketones is 1. The van der Waals surface area contributed by atoms with Gasteiger partial charge in [-0.15, -0.1) is 0 Å². The Hall–Kier alpha value is -1.51. The maximum atomic E-state index is 11.4. The van der Waals surface area contributed by atoms with Gasteiger partial charge >= 0.3 is 0 Å². The fraction of sp³-hybridized carbons (Fsp3) is 0.462. The van der Waals surface area contributed by atoms with Crippen molar-refractivity contribution in [3.63, 3.8) is 0 Å². The summed E-state index contributed by atoms with van der Waals surface area (Å²) < 4.78 is 10.6. The molecule has 86 valence electrons. The van der Waals surface area contributed by atoms with Crippen LogP contribution in [-0.4, -0.2) is 20.0 Å². The zero-order valence-corrected chi connectivity index (χ0v) is 9.92. The van der Waals surface area contributed by atoms with Crippen molar-refractivity contribution in [3.8, 4) is 11.5 Å². The van der Waals surface area contributed by atoms with Gasteiger partial charge in [0.05, 0.1) is 14.2 Å². The van der Waals surface area contributed by atoms with E-state index >= 15 is 0 Å². The molecule has 0 fully saturated rings. The maximum Gasteiger partial charge on any atom is 0.163 e. The van der Waals surface area contributed by atoms with Gasteiger partial charge in [0.2, 0.25) is 0 Å². The third kappa shape index (κ3) is 1.66. The molecule has 1 aliphatic rings. The largest absolute Gasteiger partial charge is 0.493 e. The lowest BCUT2D eigenvalue weighted by molar-refractivity contribution is -0.118. The highest BCUT2D eigenvalue weighted by molar-refractivity contribution is 5.84.